The molecule has 0 aliphatic rings. The van der Waals surface area contributed by atoms with E-state index in [1.807, 2.05) is 0 Å². The van der Waals surface area contributed by atoms with E-state index in [1.165, 1.54) is 116 Å². The van der Waals surface area contributed by atoms with Gasteiger partial charge in [0.05, 0.1) is 19.8 Å². The number of carbonyl (C=O) groups excluding carboxylic acids is 1. The van der Waals surface area contributed by atoms with Gasteiger partial charge in [0.15, 0.2) is 0 Å². The van der Waals surface area contributed by atoms with Crippen molar-refractivity contribution in [3.05, 3.63) is 85.1 Å². The Labute approximate surface area is 381 Å². The fourth-order valence-electron chi connectivity index (χ4n) is 6.66. The number of nitrogens with two attached hydrogens (primary N) is 1. The molecule has 0 saturated carbocycles. The van der Waals surface area contributed by atoms with Crippen molar-refractivity contribution < 1.29 is 32.8 Å². The largest absolute Gasteiger partial charge is 0.472 e. The van der Waals surface area contributed by atoms with E-state index >= 15 is 0 Å². The Morgan fingerprint density at radius 3 is 1.37 bits per heavy atom. The molecule has 0 rings (SSSR count). The molecule has 2 atom stereocenters. The molecule has 0 aromatic heterocycles. The minimum Gasteiger partial charge on any atom is -0.457 e. The molecule has 358 valence electrons. The molecule has 0 radical (unpaired) electrons. The summed E-state index contributed by atoms with van der Waals surface area (Å²) in [6.45, 7) is 4.65. The van der Waals surface area contributed by atoms with Gasteiger partial charge in [0.1, 0.15) is 6.10 Å². The molecular formula is C53H94NO7P. The lowest BCUT2D eigenvalue weighted by Crippen LogP contribution is -2.28. The number of ether oxygens (including phenoxy) is 2. The first-order valence-corrected chi connectivity index (χ1v) is 26.6. The van der Waals surface area contributed by atoms with Crippen LogP contribution in [0.4, 0.5) is 0 Å². The number of phosphoric acid groups is 1. The molecule has 0 spiro atoms. The lowest BCUT2D eigenvalue weighted by molar-refractivity contribution is -0.154. The summed E-state index contributed by atoms with van der Waals surface area (Å²) in [5.74, 6) is -0.352. The van der Waals surface area contributed by atoms with Crippen molar-refractivity contribution in [1.29, 1.82) is 0 Å². The predicted molar refractivity (Wildman–Crippen MR) is 265 cm³/mol. The second kappa shape index (κ2) is 49.7. The molecule has 9 heteroatoms. The standard InChI is InChI=1S/C53H94NO7P/c1-3-5-7-9-11-13-15-17-19-21-23-25-26-27-28-30-32-34-36-38-40-42-44-46-53(55)61-52(51-60-62(56,57)59-49-47-54)50-58-48-45-43-41-39-37-35-33-31-29-24-22-20-18-16-14-12-10-8-6-4-2/h6,8,12,14,18,20-21,23-24,29,33,35,39,41,52H,3-5,7,9-11,13,15-17,19,22,25-28,30-32,34,36-38,40,42-51,54H2,1-2H3,(H,56,57)/b8-6-,14-12-,20-18-,23-21-,29-24-,35-33-,41-39-. The molecular weight excluding hydrogens is 794 g/mol. The highest BCUT2D eigenvalue weighted by atomic mass is 31.2. The monoisotopic (exact) mass is 888 g/mol. The average Bonchev–Trinajstić information content (AvgIpc) is 3.26. The zero-order valence-corrected chi connectivity index (χ0v) is 40.7. The third kappa shape index (κ3) is 48.7. The Kier molecular flexibility index (Phi) is 47.8. The summed E-state index contributed by atoms with van der Waals surface area (Å²) in [5.41, 5.74) is 5.38. The van der Waals surface area contributed by atoms with Gasteiger partial charge in [0, 0.05) is 19.6 Å². The zero-order valence-electron chi connectivity index (χ0n) is 39.8. The summed E-state index contributed by atoms with van der Waals surface area (Å²) >= 11 is 0. The van der Waals surface area contributed by atoms with E-state index < -0.39 is 13.9 Å². The molecule has 0 aromatic rings. The highest BCUT2D eigenvalue weighted by molar-refractivity contribution is 7.47. The highest BCUT2D eigenvalue weighted by Crippen LogP contribution is 2.43. The van der Waals surface area contributed by atoms with Crippen LogP contribution in [0.3, 0.4) is 0 Å². The van der Waals surface area contributed by atoms with Crippen LogP contribution in [0.2, 0.25) is 0 Å². The van der Waals surface area contributed by atoms with Crippen LogP contribution in [0.1, 0.15) is 206 Å². The Morgan fingerprint density at radius 1 is 0.500 bits per heavy atom. The van der Waals surface area contributed by atoms with Crippen molar-refractivity contribution in [2.24, 2.45) is 5.73 Å². The summed E-state index contributed by atoms with van der Waals surface area (Å²) in [5, 5.41) is 0. The van der Waals surface area contributed by atoms with Crippen LogP contribution < -0.4 is 5.73 Å². The van der Waals surface area contributed by atoms with Crippen LogP contribution in [0.15, 0.2) is 85.1 Å². The van der Waals surface area contributed by atoms with Gasteiger partial charge in [-0.05, 0) is 83.5 Å². The first-order chi connectivity index (χ1) is 30.4. The Morgan fingerprint density at radius 2 is 0.903 bits per heavy atom. The smallest absolute Gasteiger partial charge is 0.457 e. The van der Waals surface area contributed by atoms with Crippen molar-refractivity contribution in [3.63, 3.8) is 0 Å². The van der Waals surface area contributed by atoms with Gasteiger partial charge < -0.3 is 20.1 Å². The maximum atomic E-state index is 12.6. The lowest BCUT2D eigenvalue weighted by atomic mass is 10.0. The normalized spacial score (nSPS) is 14.1. The third-order valence-corrected chi connectivity index (χ3v) is 11.3. The van der Waals surface area contributed by atoms with Crippen LogP contribution in [0.5, 0.6) is 0 Å². The molecule has 0 amide bonds. The van der Waals surface area contributed by atoms with Gasteiger partial charge in [-0.2, -0.15) is 0 Å². The summed E-state index contributed by atoms with van der Waals surface area (Å²) in [7, 11) is -4.30. The van der Waals surface area contributed by atoms with Gasteiger partial charge in [-0.3, -0.25) is 13.8 Å². The summed E-state index contributed by atoms with van der Waals surface area (Å²) in [4.78, 5) is 22.6. The zero-order chi connectivity index (χ0) is 45.1. The Hall–Kier alpha value is -2.32. The van der Waals surface area contributed by atoms with Crippen LogP contribution in [-0.4, -0.2) is 49.9 Å². The van der Waals surface area contributed by atoms with Gasteiger partial charge in [-0.25, -0.2) is 4.57 Å². The molecule has 0 aromatic carbocycles. The molecule has 2 unspecified atom stereocenters. The quantitative estimate of drug-likeness (QED) is 0.0269. The minimum atomic E-state index is -4.30. The van der Waals surface area contributed by atoms with E-state index in [-0.39, 0.29) is 32.3 Å². The number of rotatable bonds is 47. The Bertz CT molecular complexity index is 1220. The summed E-state index contributed by atoms with van der Waals surface area (Å²) < 4.78 is 33.5. The van der Waals surface area contributed by atoms with E-state index in [1.54, 1.807) is 0 Å². The van der Waals surface area contributed by atoms with Gasteiger partial charge in [0.2, 0.25) is 0 Å². The number of esters is 1. The summed E-state index contributed by atoms with van der Waals surface area (Å²) in [6.07, 6.45) is 64.9. The number of hydrogen-bond acceptors (Lipinski definition) is 7. The molecule has 8 nitrogen and oxygen atoms in total. The molecule has 0 aliphatic heterocycles. The highest BCUT2D eigenvalue weighted by Gasteiger charge is 2.25. The molecule has 3 N–H and O–H groups in total. The molecule has 62 heavy (non-hydrogen) atoms. The van der Waals surface area contributed by atoms with Crippen molar-refractivity contribution in [3.8, 4) is 0 Å². The fraction of sp³-hybridized carbons (Fsp3) is 0.717. The minimum absolute atomic E-state index is 0.0723. The SMILES string of the molecule is CC/C=C\C/C=C\C/C=C\C/C=C\C/C=C\C/C=C\CCCOCC(COP(=O)(O)OCCN)OC(=O)CCCCCCCCCCCCC/C=C\CCCCCCCCCC. The van der Waals surface area contributed by atoms with Crippen molar-refractivity contribution in [2.45, 2.75) is 213 Å². The molecule has 0 heterocycles. The topological polar surface area (TPSA) is 117 Å². The van der Waals surface area contributed by atoms with Gasteiger partial charge in [-0.1, -0.05) is 202 Å². The average molecular weight is 888 g/mol. The fourth-order valence-corrected chi connectivity index (χ4v) is 7.42. The number of allylic oxidation sites excluding steroid dienone is 14. The van der Waals surface area contributed by atoms with E-state index in [4.69, 9.17) is 24.3 Å². The van der Waals surface area contributed by atoms with E-state index in [9.17, 15) is 14.3 Å². The van der Waals surface area contributed by atoms with Crippen molar-refractivity contribution in [2.75, 3.05) is 33.0 Å². The van der Waals surface area contributed by atoms with Crippen molar-refractivity contribution in [1.82, 2.24) is 0 Å². The number of phosphoric ester groups is 1. The maximum Gasteiger partial charge on any atom is 0.472 e. The van der Waals surface area contributed by atoms with Crippen molar-refractivity contribution >= 4 is 13.8 Å². The maximum absolute atomic E-state index is 12.6. The van der Waals surface area contributed by atoms with Gasteiger partial charge in [0.25, 0.3) is 0 Å². The molecule has 0 fully saturated rings. The number of carbonyl (C=O) groups is 1. The molecule has 0 saturated heterocycles. The summed E-state index contributed by atoms with van der Waals surface area (Å²) in [6, 6.07) is 0. The number of hydrogen-bond donors (Lipinski definition) is 2. The first-order valence-electron chi connectivity index (χ1n) is 25.1. The van der Waals surface area contributed by atoms with Crippen LogP contribution in [-0.2, 0) is 27.9 Å². The second-order valence-corrected chi connectivity index (χ2v) is 17.7. The predicted octanol–water partition coefficient (Wildman–Crippen LogP) is 15.6. The van der Waals surface area contributed by atoms with Gasteiger partial charge in [-0.15, -0.1) is 0 Å². The van der Waals surface area contributed by atoms with Crippen LogP contribution in [0.25, 0.3) is 0 Å². The van der Waals surface area contributed by atoms with E-state index in [2.05, 4.69) is 98.9 Å². The third-order valence-electron chi connectivity index (χ3n) is 10.3. The Balaban J connectivity index is 4.05. The lowest BCUT2D eigenvalue weighted by Gasteiger charge is -2.20. The number of unbranched alkanes of at least 4 members (excludes halogenated alkanes) is 20. The van der Waals surface area contributed by atoms with Crippen LogP contribution in [0, 0.1) is 0 Å². The van der Waals surface area contributed by atoms with E-state index in [0.29, 0.717) is 13.0 Å². The van der Waals surface area contributed by atoms with Crippen LogP contribution >= 0.6 is 7.82 Å². The van der Waals surface area contributed by atoms with E-state index in [0.717, 1.165) is 70.6 Å². The molecule has 0 bridgehead atoms. The van der Waals surface area contributed by atoms with Gasteiger partial charge >= 0.3 is 13.8 Å². The first kappa shape index (κ1) is 59.7. The molecule has 0 aliphatic carbocycles. The second-order valence-electron chi connectivity index (χ2n) is 16.3.